The first kappa shape index (κ1) is 15.4. The Morgan fingerprint density at radius 3 is 2.64 bits per heavy atom. The minimum Gasteiger partial charge on any atom is -0.451 e. The minimum absolute atomic E-state index is 0.175. The molecule has 0 radical (unpaired) electrons. The molecule has 126 valence electrons. The molecular weight excluding hydrogens is 314 g/mol. The fourth-order valence-corrected chi connectivity index (χ4v) is 2.98. The van der Waals surface area contributed by atoms with Crippen LogP contribution in [0.25, 0.3) is 22.0 Å². The summed E-state index contributed by atoms with van der Waals surface area (Å²) >= 11 is 0. The lowest BCUT2D eigenvalue weighted by molar-refractivity contribution is 0.0897. The maximum atomic E-state index is 12.7. The van der Waals surface area contributed by atoms with Gasteiger partial charge in [-0.3, -0.25) is 4.79 Å². The zero-order chi connectivity index (χ0) is 17.4. The Morgan fingerprint density at radius 2 is 1.88 bits per heavy atom. The van der Waals surface area contributed by atoms with Gasteiger partial charge in [-0.2, -0.15) is 0 Å². The molecule has 0 saturated carbocycles. The average molecular weight is 333 g/mol. The number of hydrogen-bond donors (Lipinski definition) is 2. The van der Waals surface area contributed by atoms with Crippen LogP contribution in [0.15, 0.2) is 59.0 Å². The molecule has 1 atom stereocenters. The van der Waals surface area contributed by atoms with E-state index in [0.29, 0.717) is 11.3 Å². The van der Waals surface area contributed by atoms with Crippen molar-refractivity contribution in [1.82, 2.24) is 15.3 Å². The van der Waals surface area contributed by atoms with E-state index in [2.05, 4.69) is 29.1 Å². The number of H-pyrrole nitrogens is 1. The standard InChI is InChI=1S/C20H19N3O2/c1-12(2)18(19-21-14-8-4-5-9-15(14)22-19)23-20(24)17-11-13-7-3-6-10-16(13)25-17/h3-12,18H,1-2H3,(H,21,22)(H,23,24)/t18-/m1/s1. The fourth-order valence-electron chi connectivity index (χ4n) is 2.98. The van der Waals surface area contributed by atoms with Crippen molar-refractivity contribution < 1.29 is 9.21 Å². The number of furan rings is 1. The molecule has 2 aromatic carbocycles. The molecule has 2 heterocycles. The molecule has 5 heteroatoms. The fraction of sp³-hybridized carbons (Fsp3) is 0.200. The van der Waals surface area contributed by atoms with Crippen LogP contribution in [0.2, 0.25) is 0 Å². The number of rotatable bonds is 4. The molecule has 0 aliphatic carbocycles. The van der Waals surface area contributed by atoms with Gasteiger partial charge in [-0.05, 0) is 30.2 Å². The van der Waals surface area contributed by atoms with Crippen LogP contribution in [0.4, 0.5) is 0 Å². The van der Waals surface area contributed by atoms with Crippen LogP contribution in [0, 0.1) is 5.92 Å². The highest BCUT2D eigenvalue weighted by Crippen LogP contribution is 2.24. The summed E-state index contributed by atoms with van der Waals surface area (Å²) < 4.78 is 5.66. The summed E-state index contributed by atoms with van der Waals surface area (Å²) in [5.41, 5.74) is 2.56. The third-order valence-electron chi connectivity index (χ3n) is 4.30. The van der Waals surface area contributed by atoms with Gasteiger partial charge in [0.05, 0.1) is 17.1 Å². The summed E-state index contributed by atoms with van der Waals surface area (Å²) in [6, 6.07) is 17.0. The van der Waals surface area contributed by atoms with Crippen molar-refractivity contribution in [3.05, 3.63) is 66.2 Å². The quantitative estimate of drug-likeness (QED) is 0.580. The van der Waals surface area contributed by atoms with Gasteiger partial charge in [0.25, 0.3) is 5.91 Å². The van der Waals surface area contributed by atoms with Gasteiger partial charge in [0.2, 0.25) is 0 Å². The molecule has 0 unspecified atom stereocenters. The molecule has 0 fully saturated rings. The third kappa shape index (κ3) is 2.89. The monoisotopic (exact) mass is 333 g/mol. The zero-order valence-corrected chi connectivity index (χ0v) is 14.1. The maximum Gasteiger partial charge on any atom is 0.287 e. The van der Waals surface area contributed by atoms with Crippen LogP contribution >= 0.6 is 0 Å². The zero-order valence-electron chi connectivity index (χ0n) is 14.1. The molecule has 0 saturated heterocycles. The van der Waals surface area contributed by atoms with Gasteiger partial charge >= 0.3 is 0 Å². The Morgan fingerprint density at radius 1 is 1.12 bits per heavy atom. The number of nitrogens with zero attached hydrogens (tertiary/aromatic N) is 1. The maximum absolute atomic E-state index is 12.7. The second-order valence-electron chi connectivity index (χ2n) is 6.48. The van der Waals surface area contributed by atoms with E-state index in [1.54, 1.807) is 6.07 Å². The summed E-state index contributed by atoms with van der Waals surface area (Å²) in [6.07, 6.45) is 0. The Bertz CT molecular complexity index is 979. The van der Waals surface area contributed by atoms with Crippen LogP contribution in [-0.2, 0) is 0 Å². The van der Waals surface area contributed by atoms with Gasteiger partial charge in [-0.25, -0.2) is 4.98 Å². The highest BCUT2D eigenvalue weighted by atomic mass is 16.3. The average Bonchev–Trinajstić information content (AvgIpc) is 3.22. The molecule has 0 bridgehead atoms. The molecule has 5 nitrogen and oxygen atoms in total. The lowest BCUT2D eigenvalue weighted by atomic mass is 10.0. The number of benzene rings is 2. The Labute approximate surface area is 145 Å². The summed E-state index contributed by atoms with van der Waals surface area (Å²) in [6.45, 7) is 4.10. The molecule has 0 spiro atoms. The SMILES string of the molecule is CC(C)[C@@H](NC(=O)c1cc2ccccc2o1)c1nc2ccccc2[nH]1. The number of fused-ring (bicyclic) bond motifs is 2. The van der Waals surface area contributed by atoms with E-state index >= 15 is 0 Å². The number of carbonyl (C=O) groups excluding carboxylic acids is 1. The highest BCUT2D eigenvalue weighted by molar-refractivity contribution is 5.96. The number of aromatic amines is 1. The summed E-state index contributed by atoms with van der Waals surface area (Å²) in [4.78, 5) is 20.6. The number of carbonyl (C=O) groups is 1. The Hall–Kier alpha value is -3.08. The number of nitrogens with one attached hydrogen (secondary N) is 2. The van der Waals surface area contributed by atoms with E-state index < -0.39 is 0 Å². The topological polar surface area (TPSA) is 70.9 Å². The van der Waals surface area contributed by atoms with Crippen molar-refractivity contribution >= 4 is 27.9 Å². The molecular formula is C20H19N3O2. The lowest BCUT2D eigenvalue weighted by Gasteiger charge is -2.19. The van der Waals surface area contributed by atoms with Crippen molar-refractivity contribution in [2.45, 2.75) is 19.9 Å². The molecule has 4 aromatic rings. The second kappa shape index (κ2) is 6.09. The predicted octanol–water partition coefficient (Wildman–Crippen LogP) is 4.44. The van der Waals surface area contributed by atoms with E-state index in [0.717, 1.165) is 22.2 Å². The molecule has 25 heavy (non-hydrogen) atoms. The van der Waals surface area contributed by atoms with Gasteiger partial charge < -0.3 is 14.7 Å². The third-order valence-corrected chi connectivity index (χ3v) is 4.30. The first-order chi connectivity index (χ1) is 12.1. The Balaban J connectivity index is 1.63. The summed E-state index contributed by atoms with van der Waals surface area (Å²) in [5.74, 6) is 0.993. The first-order valence-electron chi connectivity index (χ1n) is 8.36. The number of imidazole rings is 1. The number of hydrogen-bond acceptors (Lipinski definition) is 3. The van der Waals surface area contributed by atoms with Crippen LogP contribution in [-0.4, -0.2) is 15.9 Å². The van der Waals surface area contributed by atoms with Crippen molar-refractivity contribution in [3.8, 4) is 0 Å². The molecule has 2 aromatic heterocycles. The van der Waals surface area contributed by atoms with Crippen molar-refractivity contribution in [1.29, 1.82) is 0 Å². The normalized spacial score (nSPS) is 12.8. The summed E-state index contributed by atoms with van der Waals surface area (Å²) in [7, 11) is 0. The van der Waals surface area contributed by atoms with E-state index in [9.17, 15) is 4.79 Å². The van der Waals surface area contributed by atoms with E-state index in [1.165, 1.54) is 0 Å². The van der Waals surface area contributed by atoms with E-state index in [1.807, 2.05) is 48.5 Å². The van der Waals surface area contributed by atoms with E-state index in [-0.39, 0.29) is 17.9 Å². The van der Waals surface area contributed by atoms with Crippen LogP contribution in [0.3, 0.4) is 0 Å². The molecule has 2 N–H and O–H groups in total. The van der Waals surface area contributed by atoms with Crippen LogP contribution in [0.5, 0.6) is 0 Å². The largest absolute Gasteiger partial charge is 0.451 e. The molecule has 0 aliphatic rings. The van der Waals surface area contributed by atoms with Crippen LogP contribution in [0.1, 0.15) is 36.3 Å². The predicted molar refractivity (Wildman–Crippen MR) is 97.4 cm³/mol. The van der Waals surface area contributed by atoms with Crippen LogP contribution < -0.4 is 5.32 Å². The van der Waals surface area contributed by atoms with Crippen molar-refractivity contribution in [3.63, 3.8) is 0 Å². The van der Waals surface area contributed by atoms with E-state index in [4.69, 9.17) is 4.42 Å². The molecule has 4 rings (SSSR count). The number of aromatic nitrogens is 2. The Kier molecular flexibility index (Phi) is 3.76. The van der Waals surface area contributed by atoms with Gasteiger partial charge in [0, 0.05) is 5.39 Å². The van der Waals surface area contributed by atoms with Gasteiger partial charge in [-0.1, -0.05) is 44.2 Å². The highest BCUT2D eigenvalue weighted by Gasteiger charge is 2.24. The van der Waals surface area contributed by atoms with Crippen molar-refractivity contribution in [2.75, 3.05) is 0 Å². The van der Waals surface area contributed by atoms with Gasteiger partial charge in [0.1, 0.15) is 11.4 Å². The second-order valence-corrected chi connectivity index (χ2v) is 6.48. The minimum atomic E-state index is -0.240. The number of amides is 1. The van der Waals surface area contributed by atoms with Gasteiger partial charge in [0.15, 0.2) is 5.76 Å². The van der Waals surface area contributed by atoms with Crippen molar-refractivity contribution in [2.24, 2.45) is 5.92 Å². The lowest BCUT2D eigenvalue weighted by Crippen LogP contribution is -2.32. The van der Waals surface area contributed by atoms with Gasteiger partial charge in [-0.15, -0.1) is 0 Å². The smallest absolute Gasteiger partial charge is 0.287 e. The molecule has 0 aliphatic heterocycles. The number of para-hydroxylation sites is 3. The first-order valence-corrected chi connectivity index (χ1v) is 8.36. The molecule has 1 amide bonds. The summed E-state index contributed by atoms with van der Waals surface area (Å²) in [5, 5.41) is 3.96.